The molecule has 0 N–H and O–H groups in total. The summed E-state index contributed by atoms with van der Waals surface area (Å²) in [5.41, 5.74) is 34.4. The van der Waals surface area contributed by atoms with Crippen LogP contribution in [-0.4, -0.2) is 27.4 Å². The molecule has 0 bridgehead atoms. The van der Waals surface area contributed by atoms with Crippen LogP contribution in [0.3, 0.4) is 0 Å². The number of fused-ring (bicyclic) bond motifs is 18. The predicted molar refractivity (Wildman–Crippen MR) is 602 cm³/mol. The van der Waals surface area contributed by atoms with E-state index in [2.05, 4.69) is 330 Å². The summed E-state index contributed by atoms with van der Waals surface area (Å²) in [7, 11) is 0. The van der Waals surface area contributed by atoms with E-state index in [1.54, 1.807) is 0 Å². The van der Waals surface area contributed by atoms with E-state index in [4.69, 9.17) is 6.57 Å². The molecule has 6 heterocycles. The number of rotatable bonds is 12. The Balaban J connectivity index is 0.000000116. The van der Waals surface area contributed by atoms with Crippen molar-refractivity contribution >= 4 is 137 Å². The van der Waals surface area contributed by atoms with Gasteiger partial charge in [-0.05, 0) is 233 Å². The van der Waals surface area contributed by atoms with Crippen LogP contribution in [0.25, 0.3) is 237 Å². The number of nitriles is 8. The number of benzene rings is 21. The van der Waals surface area contributed by atoms with Crippen LogP contribution >= 0.6 is 0 Å². The van der Waals surface area contributed by atoms with E-state index >= 15 is 0 Å². The Morgan fingerprint density at radius 1 is 0.180 bits per heavy atom. The fourth-order valence-electron chi connectivity index (χ4n) is 22.5. The molecule has 0 fully saturated rings. The Hall–Kier alpha value is -22.2. The fourth-order valence-corrected chi connectivity index (χ4v) is 22.5. The van der Waals surface area contributed by atoms with Crippen LogP contribution in [0.2, 0.25) is 0 Å². The van der Waals surface area contributed by atoms with Crippen LogP contribution < -0.4 is 0 Å². The molecular formula is C135H75N15. The van der Waals surface area contributed by atoms with E-state index in [0.29, 0.717) is 50.2 Å². The zero-order chi connectivity index (χ0) is 101. The largest absolute Gasteiger partial charge is 0.310 e. The topological polar surface area (TPSA) is 224 Å². The molecule has 21 aromatic carbocycles. The van der Waals surface area contributed by atoms with Gasteiger partial charge in [-0.3, -0.25) is 0 Å². The number of aromatic nitrogens is 6. The third kappa shape index (κ3) is 14.7. The van der Waals surface area contributed by atoms with Gasteiger partial charge in [0.25, 0.3) is 0 Å². The van der Waals surface area contributed by atoms with Gasteiger partial charge in [0.15, 0.2) is 5.69 Å². The van der Waals surface area contributed by atoms with Gasteiger partial charge in [-0.15, -0.1) is 0 Å². The second-order valence-corrected chi connectivity index (χ2v) is 36.8. The van der Waals surface area contributed by atoms with Crippen molar-refractivity contribution in [1.29, 1.82) is 42.1 Å². The molecule has 27 aromatic rings. The minimum atomic E-state index is 0.537. The maximum atomic E-state index is 10.4. The highest BCUT2D eigenvalue weighted by molar-refractivity contribution is 6.17. The van der Waals surface area contributed by atoms with Crippen molar-refractivity contribution in [1.82, 2.24) is 27.4 Å². The van der Waals surface area contributed by atoms with Crippen molar-refractivity contribution in [3.8, 4) is 149 Å². The monoisotopic (exact) mass is 1910 g/mol. The van der Waals surface area contributed by atoms with Crippen molar-refractivity contribution in [2.24, 2.45) is 0 Å². The van der Waals surface area contributed by atoms with Crippen molar-refractivity contribution < 1.29 is 0 Å². The lowest BCUT2D eigenvalue weighted by Gasteiger charge is -2.18. The first kappa shape index (κ1) is 89.2. The first-order valence-electron chi connectivity index (χ1n) is 48.8. The van der Waals surface area contributed by atoms with Crippen LogP contribution in [0.4, 0.5) is 5.69 Å². The smallest absolute Gasteiger partial charge is 0.189 e. The molecule has 0 spiro atoms. The quantitative estimate of drug-likeness (QED) is 0.107. The van der Waals surface area contributed by atoms with Gasteiger partial charge in [0.1, 0.15) is 6.07 Å². The molecule has 15 nitrogen and oxygen atoms in total. The standard InChI is InChI=1S/3C45H25N5/c1-48-32-20-23-37-39-25-29(27-46)17-24-43(39)50(44(37)26-32)42-16-7-4-12-36(42)38-13-8-9-31(28-47)45(38)30-18-21-33(22-19-30)49-40-14-5-2-10-34(40)35-11-3-6-15-41(35)49;46-26-29-19-24-43-39(25-29)38-15-8-10-32(28-48)45(38)50(43)42-18-6-3-13-36(42)37-14-7-9-31(27-47)44(37)30-20-22-33(23-21-30)49-40-16-4-1-11-34(40)35-12-2-5-17-41(35)49;46-26-29-16-22-34(35-9-1-4-12-40(35)50-41-13-5-2-10-36(41)39-25-30(27-47)17-23-43(39)50)38(24-29)31-18-20-33(21-19-31)49-42-14-6-3-11-37(42)45-32(28-48)8-7-15-44(45)49/h2-26H;2*1-25H. The molecule has 0 radical (unpaired) electrons. The molecule has 0 saturated heterocycles. The average molecular weight is 1910 g/mol. The van der Waals surface area contributed by atoms with E-state index in [0.717, 1.165) is 210 Å². The molecule has 150 heavy (non-hydrogen) atoms. The van der Waals surface area contributed by atoms with Crippen LogP contribution in [0, 0.1) is 97.2 Å². The summed E-state index contributed by atoms with van der Waals surface area (Å²) in [5.74, 6) is 0. The highest BCUT2D eigenvalue weighted by Gasteiger charge is 2.28. The average Bonchev–Trinajstić information content (AvgIpc) is 1.58. The number of hydrogen-bond donors (Lipinski definition) is 0. The van der Waals surface area contributed by atoms with Crippen LogP contribution in [0.5, 0.6) is 0 Å². The summed E-state index contributed by atoms with van der Waals surface area (Å²) in [5, 5.41) is 92.6. The lowest BCUT2D eigenvalue weighted by molar-refractivity contribution is 1.18. The van der Waals surface area contributed by atoms with Crippen molar-refractivity contribution in [3.63, 3.8) is 0 Å². The number of nitrogens with zero attached hydrogens (tertiary/aromatic N) is 15. The second kappa shape index (κ2) is 37.0. The van der Waals surface area contributed by atoms with Crippen molar-refractivity contribution in [2.75, 3.05) is 0 Å². The van der Waals surface area contributed by atoms with Gasteiger partial charge in [0.2, 0.25) is 0 Å². The number of para-hydroxylation sites is 10. The van der Waals surface area contributed by atoms with Gasteiger partial charge in [0, 0.05) is 115 Å². The van der Waals surface area contributed by atoms with Crippen molar-refractivity contribution in [2.45, 2.75) is 0 Å². The third-order valence-electron chi connectivity index (χ3n) is 28.9. The molecule has 0 saturated carbocycles. The second-order valence-electron chi connectivity index (χ2n) is 36.8. The zero-order valence-corrected chi connectivity index (χ0v) is 80.0. The molecular weight excluding hydrogens is 1830 g/mol. The van der Waals surface area contributed by atoms with E-state index in [-0.39, 0.29) is 0 Å². The van der Waals surface area contributed by atoms with Gasteiger partial charge in [-0.25, -0.2) is 4.85 Å². The fraction of sp³-hybridized carbons (Fsp3) is 0. The Labute approximate surface area is 860 Å². The predicted octanol–water partition coefficient (Wildman–Crippen LogP) is 33.2. The van der Waals surface area contributed by atoms with Gasteiger partial charge >= 0.3 is 0 Å². The Kier molecular flexibility index (Phi) is 22.0. The van der Waals surface area contributed by atoms with E-state index < -0.39 is 0 Å². The van der Waals surface area contributed by atoms with Crippen LogP contribution in [0.15, 0.2) is 455 Å². The summed E-state index contributed by atoms with van der Waals surface area (Å²) in [6, 6.07) is 171. The summed E-state index contributed by atoms with van der Waals surface area (Å²) >= 11 is 0. The summed E-state index contributed by atoms with van der Waals surface area (Å²) < 4.78 is 13.3. The highest BCUT2D eigenvalue weighted by atomic mass is 15.0. The molecule has 0 amide bonds. The first-order chi connectivity index (χ1) is 74.0. The minimum absolute atomic E-state index is 0.537. The Bertz CT molecular complexity index is 10700. The normalized spacial score (nSPS) is 11.1. The summed E-state index contributed by atoms with van der Waals surface area (Å²) in [4.78, 5) is 3.72. The van der Waals surface area contributed by atoms with Crippen molar-refractivity contribution in [3.05, 3.63) is 511 Å². The molecule has 0 atom stereocenters. The SMILES string of the molecule is N#Cc1ccc(-c2ccccc2-n2c3ccccc3c3cc(C#N)ccc32)c(-c2ccc(-n3c4ccccc4c4c(C#N)cccc43)cc2)c1.N#Cc1ccc2c(c1)c1cccc(C#N)c1n2-c1ccccc1-c1cccc(C#N)c1-c1ccc(-n2c3ccccc3c3ccccc32)cc1.[C-]#[N+]c1ccc2c3cc(C#N)ccc3n(-c3ccccc3-c3cccc(C#N)c3-c3ccc(-n4c5ccccc5c5ccccc54)cc3)c2c1. The van der Waals surface area contributed by atoms with E-state index in [1.165, 1.54) is 21.5 Å². The Morgan fingerprint density at radius 3 is 0.940 bits per heavy atom. The maximum Gasteiger partial charge on any atom is 0.189 e. The lowest BCUT2D eigenvalue weighted by atomic mass is 9.90. The molecule has 0 aliphatic rings. The molecule has 6 aromatic heterocycles. The van der Waals surface area contributed by atoms with Gasteiger partial charge in [0.05, 0.1) is 171 Å². The maximum absolute atomic E-state index is 10.4. The molecule has 690 valence electrons. The van der Waals surface area contributed by atoms with Gasteiger partial charge in [-0.1, -0.05) is 261 Å². The van der Waals surface area contributed by atoms with E-state index in [9.17, 15) is 42.1 Å². The number of hydrogen-bond acceptors (Lipinski definition) is 8. The Morgan fingerprint density at radius 2 is 0.487 bits per heavy atom. The first-order valence-corrected chi connectivity index (χ1v) is 48.8. The highest BCUT2D eigenvalue weighted by Crippen LogP contribution is 2.49. The summed E-state index contributed by atoms with van der Waals surface area (Å²) in [6.45, 7) is 7.72. The molecule has 15 heteroatoms. The zero-order valence-electron chi connectivity index (χ0n) is 80.0. The molecule has 0 aliphatic carbocycles. The minimum Gasteiger partial charge on any atom is -0.310 e. The summed E-state index contributed by atoms with van der Waals surface area (Å²) in [6.07, 6.45) is 0. The third-order valence-corrected chi connectivity index (χ3v) is 28.9. The molecule has 0 aliphatic heterocycles. The van der Waals surface area contributed by atoms with Crippen LogP contribution in [-0.2, 0) is 0 Å². The van der Waals surface area contributed by atoms with Gasteiger partial charge < -0.3 is 27.4 Å². The molecule has 27 rings (SSSR count). The van der Waals surface area contributed by atoms with Crippen LogP contribution in [0.1, 0.15) is 44.5 Å². The van der Waals surface area contributed by atoms with E-state index in [1.807, 2.05) is 206 Å². The lowest BCUT2D eigenvalue weighted by Crippen LogP contribution is -2.00. The van der Waals surface area contributed by atoms with Gasteiger partial charge in [-0.2, -0.15) is 42.1 Å². The molecule has 0 unspecified atom stereocenters.